The lowest BCUT2D eigenvalue weighted by Crippen LogP contribution is -2.13. The van der Waals surface area contributed by atoms with E-state index in [2.05, 4.69) is 4.72 Å². The molecule has 0 atom stereocenters. The molecule has 4 nitrogen and oxygen atoms in total. The highest BCUT2D eigenvalue weighted by atomic mass is 35.5. The summed E-state index contributed by atoms with van der Waals surface area (Å²) < 4.78 is 39.7. The number of hydrogen-bond acceptors (Lipinski definition) is 3. The van der Waals surface area contributed by atoms with Crippen LogP contribution in [0.4, 0.5) is 10.1 Å². The molecule has 21 heavy (non-hydrogen) atoms. The van der Waals surface area contributed by atoms with E-state index in [1.807, 2.05) is 0 Å². The number of nitrogens with one attached hydrogen (secondary N) is 1. The second-order valence-corrected chi connectivity index (χ2v) is 6.41. The molecule has 2 aromatic rings. The Labute approximate surface area is 127 Å². The monoisotopic (exact) mass is 329 g/mol. The maximum Gasteiger partial charge on any atom is 0.263 e. The van der Waals surface area contributed by atoms with Gasteiger partial charge in [0.05, 0.1) is 5.02 Å². The number of benzene rings is 2. The summed E-state index contributed by atoms with van der Waals surface area (Å²) in [5.74, 6) is -0.604. The number of halogens is 2. The zero-order valence-electron chi connectivity index (χ0n) is 10.9. The predicted octanol–water partition coefficient (Wildman–Crippen LogP) is 2.81. The molecule has 2 aromatic carbocycles. The van der Waals surface area contributed by atoms with Crippen molar-refractivity contribution in [3.63, 3.8) is 0 Å². The Morgan fingerprint density at radius 3 is 2.38 bits per heavy atom. The van der Waals surface area contributed by atoms with E-state index in [1.54, 1.807) is 24.3 Å². The van der Waals surface area contributed by atoms with Crippen LogP contribution in [0.1, 0.15) is 5.56 Å². The Balaban J connectivity index is 2.24. The normalized spacial score (nSPS) is 11.4. The fourth-order valence-corrected chi connectivity index (χ4v) is 3.36. The number of anilines is 1. The Morgan fingerprint density at radius 2 is 1.81 bits per heavy atom. The topological polar surface area (TPSA) is 66.4 Å². The molecule has 0 aliphatic carbocycles. The van der Waals surface area contributed by atoms with Crippen LogP contribution in [-0.2, 0) is 16.4 Å². The van der Waals surface area contributed by atoms with E-state index in [9.17, 15) is 12.8 Å². The molecule has 0 aromatic heterocycles. The standard InChI is InChI=1S/C14H13ClFNO3S/c15-13-9-11(16)3-6-14(13)21(19,20)17-12-4-1-10(2-5-12)7-8-18/h1-6,9,17-18H,7-8H2. The Morgan fingerprint density at radius 1 is 1.14 bits per heavy atom. The molecule has 0 aliphatic heterocycles. The lowest BCUT2D eigenvalue weighted by molar-refractivity contribution is 0.299. The molecule has 7 heteroatoms. The molecule has 2 N–H and O–H groups in total. The minimum Gasteiger partial charge on any atom is -0.396 e. The van der Waals surface area contributed by atoms with Gasteiger partial charge in [0.2, 0.25) is 0 Å². The maximum absolute atomic E-state index is 13.0. The summed E-state index contributed by atoms with van der Waals surface area (Å²) in [6, 6.07) is 9.67. The van der Waals surface area contributed by atoms with Gasteiger partial charge in [-0.05, 0) is 42.3 Å². The summed E-state index contributed by atoms with van der Waals surface area (Å²) in [5, 5.41) is 8.64. The van der Waals surface area contributed by atoms with Crippen LogP contribution in [0, 0.1) is 5.82 Å². The Hall–Kier alpha value is -1.63. The number of sulfonamides is 1. The fraction of sp³-hybridized carbons (Fsp3) is 0.143. The van der Waals surface area contributed by atoms with Gasteiger partial charge in [-0.2, -0.15) is 0 Å². The molecule has 0 heterocycles. The van der Waals surface area contributed by atoms with Gasteiger partial charge >= 0.3 is 0 Å². The van der Waals surface area contributed by atoms with Gasteiger partial charge in [0.15, 0.2) is 0 Å². The van der Waals surface area contributed by atoms with Gasteiger partial charge in [0.1, 0.15) is 10.7 Å². The van der Waals surface area contributed by atoms with Crippen molar-refractivity contribution < 1.29 is 17.9 Å². The van der Waals surface area contributed by atoms with Gasteiger partial charge in [0, 0.05) is 12.3 Å². The molecule has 0 spiro atoms. The molecule has 0 unspecified atom stereocenters. The van der Waals surface area contributed by atoms with E-state index in [1.165, 1.54) is 0 Å². The molecule has 112 valence electrons. The Bertz CT molecular complexity index is 732. The van der Waals surface area contributed by atoms with Crippen molar-refractivity contribution in [1.82, 2.24) is 0 Å². The van der Waals surface area contributed by atoms with E-state index in [4.69, 9.17) is 16.7 Å². The van der Waals surface area contributed by atoms with Crippen LogP contribution >= 0.6 is 11.6 Å². The van der Waals surface area contributed by atoms with E-state index in [0.717, 1.165) is 23.8 Å². The molecule has 0 radical (unpaired) electrons. The molecule has 0 bridgehead atoms. The second-order valence-electron chi connectivity index (χ2n) is 4.35. The van der Waals surface area contributed by atoms with Crippen molar-refractivity contribution in [3.8, 4) is 0 Å². The van der Waals surface area contributed by atoms with Gasteiger partial charge in [-0.1, -0.05) is 23.7 Å². The van der Waals surface area contributed by atoms with Crippen LogP contribution in [-0.4, -0.2) is 20.1 Å². The third kappa shape index (κ3) is 3.93. The van der Waals surface area contributed by atoms with E-state index < -0.39 is 15.8 Å². The lowest BCUT2D eigenvalue weighted by Gasteiger charge is -2.10. The molecular formula is C14H13ClFNO3S. The van der Waals surface area contributed by atoms with Crippen LogP contribution in [0.15, 0.2) is 47.4 Å². The summed E-state index contributed by atoms with van der Waals surface area (Å²) in [6.45, 7) is 0.0241. The van der Waals surface area contributed by atoms with Gasteiger partial charge in [0.25, 0.3) is 10.0 Å². The number of aliphatic hydroxyl groups is 1. The fourth-order valence-electron chi connectivity index (χ4n) is 1.77. The van der Waals surface area contributed by atoms with Crippen molar-refractivity contribution in [2.24, 2.45) is 0 Å². The third-order valence-electron chi connectivity index (χ3n) is 2.79. The molecule has 0 saturated heterocycles. The van der Waals surface area contributed by atoms with Crippen molar-refractivity contribution in [2.75, 3.05) is 11.3 Å². The minimum absolute atomic E-state index is 0.0241. The SMILES string of the molecule is O=S(=O)(Nc1ccc(CCO)cc1)c1ccc(F)cc1Cl. The van der Waals surface area contributed by atoms with E-state index in [0.29, 0.717) is 12.1 Å². The van der Waals surface area contributed by atoms with Gasteiger partial charge in [-0.3, -0.25) is 4.72 Å². The predicted molar refractivity (Wildman–Crippen MR) is 79.5 cm³/mol. The molecule has 0 aliphatic rings. The van der Waals surface area contributed by atoms with Gasteiger partial charge < -0.3 is 5.11 Å². The first-order valence-electron chi connectivity index (χ1n) is 6.10. The molecule has 0 amide bonds. The largest absolute Gasteiger partial charge is 0.396 e. The first kappa shape index (κ1) is 15.8. The van der Waals surface area contributed by atoms with Crippen molar-refractivity contribution >= 4 is 27.3 Å². The van der Waals surface area contributed by atoms with E-state index in [-0.39, 0.29) is 16.5 Å². The highest BCUT2D eigenvalue weighted by Gasteiger charge is 2.18. The molecule has 2 rings (SSSR count). The highest BCUT2D eigenvalue weighted by Crippen LogP contribution is 2.24. The van der Waals surface area contributed by atoms with Crippen LogP contribution in [0.3, 0.4) is 0 Å². The summed E-state index contributed by atoms with van der Waals surface area (Å²) in [4.78, 5) is -0.190. The third-order valence-corrected chi connectivity index (χ3v) is 4.65. The molecular weight excluding hydrogens is 317 g/mol. The summed E-state index contributed by atoms with van der Waals surface area (Å²) in [6.07, 6.45) is 0.497. The second kappa shape index (κ2) is 6.43. The van der Waals surface area contributed by atoms with Crippen LogP contribution in [0.25, 0.3) is 0 Å². The lowest BCUT2D eigenvalue weighted by atomic mass is 10.1. The summed E-state index contributed by atoms with van der Waals surface area (Å²) >= 11 is 5.76. The van der Waals surface area contributed by atoms with Crippen molar-refractivity contribution in [3.05, 3.63) is 58.9 Å². The molecule has 0 fully saturated rings. The number of rotatable bonds is 5. The van der Waals surface area contributed by atoms with Gasteiger partial charge in [-0.25, -0.2) is 12.8 Å². The first-order chi connectivity index (χ1) is 9.92. The summed E-state index contributed by atoms with van der Waals surface area (Å²) in [5.41, 5.74) is 1.25. The van der Waals surface area contributed by atoms with Crippen LogP contribution < -0.4 is 4.72 Å². The smallest absolute Gasteiger partial charge is 0.263 e. The summed E-state index contributed by atoms with van der Waals surface area (Å²) in [7, 11) is -3.88. The minimum atomic E-state index is -3.88. The average molecular weight is 330 g/mol. The number of hydrogen-bond donors (Lipinski definition) is 2. The number of aliphatic hydroxyl groups excluding tert-OH is 1. The van der Waals surface area contributed by atoms with Crippen LogP contribution in [0.2, 0.25) is 5.02 Å². The maximum atomic E-state index is 13.0. The average Bonchev–Trinajstić information content (AvgIpc) is 2.40. The van der Waals surface area contributed by atoms with Gasteiger partial charge in [-0.15, -0.1) is 0 Å². The highest BCUT2D eigenvalue weighted by molar-refractivity contribution is 7.92. The van der Waals surface area contributed by atoms with Crippen molar-refractivity contribution in [2.45, 2.75) is 11.3 Å². The Kier molecular flexibility index (Phi) is 4.82. The molecule has 0 saturated carbocycles. The quantitative estimate of drug-likeness (QED) is 0.886. The first-order valence-corrected chi connectivity index (χ1v) is 7.96. The van der Waals surface area contributed by atoms with E-state index >= 15 is 0 Å². The van der Waals surface area contributed by atoms with Crippen molar-refractivity contribution in [1.29, 1.82) is 0 Å². The van der Waals surface area contributed by atoms with Crippen LogP contribution in [0.5, 0.6) is 0 Å². The zero-order valence-corrected chi connectivity index (χ0v) is 12.5. The zero-order chi connectivity index (χ0) is 15.5.